The number of alkyl halides is 3. The highest BCUT2D eigenvalue weighted by molar-refractivity contribution is 14.0. The summed E-state index contributed by atoms with van der Waals surface area (Å²) in [5.74, 6) is 0.593. The Labute approximate surface area is 169 Å². The van der Waals surface area contributed by atoms with Crippen molar-refractivity contribution in [2.45, 2.75) is 50.1 Å². The van der Waals surface area contributed by atoms with Gasteiger partial charge in [0.05, 0.1) is 0 Å². The van der Waals surface area contributed by atoms with Gasteiger partial charge in [-0.25, -0.2) is 8.42 Å². The molecule has 0 amide bonds. The van der Waals surface area contributed by atoms with Gasteiger partial charge in [0, 0.05) is 32.7 Å². The van der Waals surface area contributed by atoms with E-state index in [9.17, 15) is 21.6 Å². The van der Waals surface area contributed by atoms with Gasteiger partial charge in [-0.2, -0.15) is 17.5 Å². The predicted molar refractivity (Wildman–Crippen MR) is 106 cm³/mol. The Morgan fingerprint density at radius 2 is 2.00 bits per heavy atom. The molecule has 2 aliphatic rings. The highest BCUT2D eigenvalue weighted by atomic mass is 127. The lowest BCUT2D eigenvalue weighted by Crippen LogP contribution is -2.51. The van der Waals surface area contributed by atoms with Gasteiger partial charge in [-0.1, -0.05) is 11.6 Å². The lowest BCUT2D eigenvalue weighted by Gasteiger charge is -2.32. The fraction of sp³-hybridized carbons (Fsp3) is 0.800. The first-order valence-corrected chi connectivity index (χ1v) is 9.89. The van der Waals surface area contributed by atoms with Gasteiger partial charge in [0.15, 0.2) is 5.96 Å². The molecule has 2 N–H and O–H groups in total. The third-order valence-corrected chi connectivity index (χ3v) is 6.15. The van der Waals surface area contributed by atoms with Crippen molar-refractivity contribution in [2.24, 2.45) is 4.99 Å². The van der Waals surface area contributed by atoms with Crippen molar-refractivity contribution >= 4 is 40.0 Å². The number of rotatable bonds is 5. The summed E-state index contributed by atoms with van der Waals surface area (Å²) >= 11 is 0. The molecule has 1 heterocycles. The Morgan fingerprint density at radius 1 is 1.35 bits per heavy atom. The highest BCUT2D eigenvalue weighted by Gasteiger charge is 2.50. The Kier molecular flexibility index (Phi) is 9.13. The Hall–Kier alpha value is -0.560. The van der Waals surface area contributed by atoms with E-state index in [1.807, 2.05) is 0 Å². The summed E-state index contributed by atoms with van der Waals surface area (Å²) in [5, 5.41) is 6.35. The van der Waals surface area contributed by atoms with Crippen LogP contribution in [0.25, 0.3) is 0 Å². The van der Waals surface area contributed by atoms with E-state index in [0.29, 0.717) is 23.1 Å². The molecule has 1 aliphatic heterocycles. The summed E-state index contributed by atoms with van der Waals surface area (Å²) in [6.45, 7) is 0.444. The molecule has 11 heteroatoms. The van der Waals surface area contributed by atoms with Crippen molar-refractivity contribution in [3.8, 4) is 0 Å². The quantitative estimate of drug-likeness (QED) is 0.258. The van der Waals surface area contributed by atoms with E-state index in [4.69, 9.17) is 0 Å². The molecule has 0 spiro atoms. The predicted octanol–water partition coefficient (Wildman–Crippen LogP) is 2.58. The molecule has 1 saturated heterocycles. The number of allylic oxidation sites excluding steroid dienone is 1. The molecule has 6 nitrogen and oxygen atoms in total. The summed E-state index contributed by atoms with van der Waals surface area (Å²) in [6, 6.07) is -0.100. The molecule has 0 aromatic rings. The molecule has 2 rings (SSSR count). The van der Waals surface area contributed by atoms with Crippen LogP contribution in [0.2, 0.25) is 0 Å². The zero-order valence-electron chi connectivity index (χ0n) is 14.7. The number of hydrogen-bond acceptors (Lipinski definition) is 3. The monoisotopic (exact) mass is 510 g/mol. The summed E-state index contributed by atoms with van der Waals surface area (Å²) < 4.78 is 61.0. The van der Waals surface area contributed by atoms with Crippen LogP contribution in [0.1, 0.15) is 38.5 Å². The maximum absolute atomic E-state index is 12.6. The maximum atomic E-state index is 12.6. The molecule has 1 aliphatic carbocycles. The molecule has 0 bridgehead atoms. The largest absolute Gasteiger partial charge is 0.511 e. The number of guanidine groups is 1. The van der Waals surface area contributed by atoms with Crippen LogP contribution in [0.5, 0.6) is 0 Å². The minimum Gasteiger partial charge on any atom is -0.356 e. The SMILES string of the molecule is CN=C(NCCC1=CCCC1)NC1CCN(S(=O)(=O)C(F)(F)F)CC1.I. The third kappa shape index (κ3) is 6.25. The molecule has 26 heavy (non-hydrogen) atoms. The van der Waals surface area contributed by atoms with E-state index in [1.165, 1.54) is 12.0 Å². The van der Waals surface area contributed by atoms with Crippen LogP contribution in [-0.2, 0) is 10.0 Å². The van der Waals surface area contributed by atoms with Crippen LogP contribution in [0.3, 0.4) is 0 Å². The normalized spacial score (nSPS) is 20.5. The van der Waals surface area contributed by atoms with Crippen LogP contribution in [0, 0.1) is 0 Å². The number of nitrogens with one attached hydrogen (secondary N) is 2. The van der Waals surface area contributed by atoms with Gasteiger partial charge in [-0.15, -0.1) is 24.0 Å². The Balaban J connectivity index is 0.00000338. The van der Waals surface area contributed by atoms with E-state index in [0.717, 1.165) is 25.8 Å². The molecule has 1 fully saturated rings. The molecule has 0 aromatic carbocycles. The first kappa shape index (κ1) is 23.5. The first-order valence-electron chi connectivity index (χ1n) is 8.45. The number of hydrogen-bond donors (Lipinski definition) is 2. The summed E-state index contributed by atoms with van der Waals surface area (Å²) in [7, 11) is -3.59. The minimum atomic E-state index is -5.24. The van der Waals surface area contributed by atoms with Crippen molar-refractivity contribution in [3.05, 3.63) is 11.6 Å². The van der Waals surface area contributed by atoms with E-state index in [2.05, 4.69) is 21.7 Å². The lowest BCUT2D eigenvalue weighted by molar-refractivity contribution is -0.0494. The molecule has 0 saturated carbocycles. The van der Waals surface area contributed by atoms with Crippen molar-refractivity contribution in [2.75, 3.05) is 26.7 Å². The summed E-state index contributed by atoms with van der Waals surface area (Å²) in [5.41, 5.74) is -3.80. The van der Waals surface area contributed by atoms with Gasteiger partial charge in [-0.3, -0.25) is 4.99 Å². The van der Waals surface area contributed by atoms with E-state index < -0.39 is 15.5 Å². The second-order valence-electron chi connectivity index (χ2n) is 6.27. The van der Waals surface area contributed by atoms with Crippen molar-refractivity contribution in [3.63, 3.8) is 0 Å². The number of nitrogens with zero attached hydrogens (tertiary/aromatic N) is 2. The zero-order valence-corrected chi connectivity index (χ0v) is 17.8. The second-order valence-corrected chi connectivity index (χ2v) is 8.20. The van der Waals surface area contributed by atoms with Crippen LogP contribution in [-0.4, -0.2) is 56.9 Å². The Bertz CT molecular complexity index is 615. The van der Waals surface area contributed by atoms with Crippen LogP contribution >= 0.6 is 24.0 Å². The van der Waals surface area contributed by atoms with E-state index >= 15 is 0 Å². The van der Waals surface area contributed by atoms with Gasteiger partial charge in [0.2, 0.25) is 0 Å². The standard InChI is InChI=1S/C15H25F3N4O2S.HI/c1-19-14(20-9-6-12-4-2-3-5-12)21-13-7-10-22(11-8-13)25(23,24)15(16,17)18;/h4,13H,2-3,5-11H2,1H3,(H2,19,20,21);1H. The first-order chi connectivity index (χ1) is 11.7. The molecule has 152 valence electrons. The molecule has 0 radical (unpaired) electrons. The second kappa shape index (κ2) is 10.1. The van der Waals surface area contributed by atoms with Gasteiger partial charge < -0.3 is 10.6 Å². The molecular weight excluding hydrogens is 484 g/mol. The Morgan fingerprint density at radius 3 is 2.50 bits per heavy atom. The van der Waals surface area contributed by atoms with Crippen LogP contribution in [0.15, 0.2) is 16.6 Å². The topological polar surface area (TPSA) is 73.8 Å². The highest BCUT2D eigenvalue weighted by Crippen LogP contribution is 2.28. The van der Waals surface area contributed by atoms with Crippen molar-refractivity contribution in [1.29, 1.82) is 0 Å². The average Bonchev–Trinajstić information content (AvgIpc) is 3.06. The van der Waals surface area contributed by atoms with Crippen LogP contribution in [0.4, 0.5) is 13.2 Å². The van der Waals surface area contributed by atoms with E-state index in [-0.39, 0.29) is 43.1 Å². The fourth-order valence-corrected chi connectivity index (χ4v) is 4.07. The maximum Gasteiger partial charge on any atom is 0.511 e. The molecule has 0 unspecified atom stereocenters. The van der Waals surface area contributed by atoms with Gasteiger partial charge in [-0.05, 0) is 38.5 Å². The number of sulfonamides is 1. The fourth-order valence-electron chi connectivity index (χ4n) is 3.08. The molecule has 0 aromatic heterocycles. The van der Waals surface area contributed by atoms with Crippen molar-refractivity contribution < 1.29 is 21.6 Å². The summed E-state index contributed by atoms with van der Waals surface area (Å²) in [6.07, 6.45) is 7.31. The number of halogens is 4. The van der Waals surface area contributed by atoms with Gasteiger partial charge >= 0.3 is 15.5 Å². The zero-order chi connectivity index (χ0) is 18.5. The average molecular weight is 510 g/mol. The van der Waals surface area contributed by atoms with Gasteiger partial charge in [0.1, 0.15) is 0 Å². The lowest BCUT2D eigenvalue weighted by atomic mass is 10.1. The van der Waals surface area contributed by atoms with E-state index in [1.54, 1.807) is 7.05 Å². The minimum absolute atomic E-state index is 0. The number of piperidine rings is 1. The summed E-state index contributed by atoms with van der Waals surface area (Å²) in [4.78, 5) is 4.12. The molecule has 0 atom stereocenters. The molecular formula is C15H26F3IN4O2S. The van der Waals surface area contributed by atoms with Crippen molar-refractivity contribution in [1.82, 2.24) is 14.9 Å². The van der Waals surface area contributed by atoms with Gasteiger partial charge in [0.25, 0.3) is 0 Å². The number of aliphatic imine (C=N–C) groups is 1. The smallest absolute Gasteiger partial charge is 0.356 e. The van der Waals surface area contributed by atoms with Crippen LogP contribution < -0.4 is 10.6 Å². The third-order valence-electron chi connectivity index (χ3n) is 4.52.